The number of thiophene rings is 1. The van der Waals surface area contributed by atoms with Crippen LogP contribution >= 0.6 is 27.3 Å². The molecule has 0 bridgehead atoms. The molecule has 0 radical (unpaired) electrons. The molecule has 0 fully saturated rings. The van der Waals surface area contributed by atoms with E-state index in [4.69, 9.17) is 5.73 Å². The Bertz CT molecular complexity index is 269. The van der Waals surface area contributed by atoms with Crippen LogP contribution < -0.4 is 5.73 Å². The summed E-state index contributed by atoms with van der Waals surface area (Å²) >= 11 is 4.62. The zero-order valence-corrected chi connectivity index (χ0v) is 7.75. The topological polar surface area (TPSA) is 43.1 Å². The third-order valence-corrected chi connectivity index (χ3v) is 3.52. The fourth-order valence-corrected chi connectivity index (χ4v) is 2.13. The van der Waals surface area contributed by atoms with Crippen LogP contribution in [-0.4, -0.2) is 5.91 Å². The fourth-order valence-electron chi connectivity index (χ4n) is 0.596. The number of carbonyl (C=O) groups excluding carboxylic acids is 1. The lowest BCUT2D eigenvalue weighted by Gasteiger charge is -1.89. The van der Waals surface area contributed by atoms with Crippen LogP contribution in [-0.2, 0) is 0 Å². The van der Waals surface area contributed by atoms with E-state index in [1.54, 1.807) is 0 Å². The van der Waals surface area contributed by atoms with Crippen molar-refractivity contribution in [3.05, 3.63) is 20.3 Å². The molecule has 0 aromatic carbocycles. The van der Waals surface area contributed by atoms with E-state index in [0.717, 1.165) is 10.0 Å². The highest BCUT2D eigenvalue weighted by Crippen LogP contribution is 2.26. The van der Waals surface area contributed by atoms with E-state index >= 15 is 0 Å². The lowest BCUT2D eigenvalue weighted by Crippen LogP contribution is -2.09. The largest absolute Gasteiger partial charge is 0.365 e. The van der Waals surface area contributed by atoms with E-state index in [1.165, 1.54) is 11.3 Å². The van der Waals surface area contributed by atoms with Crippen molar-refractivity contribution >= 4 is 33.2 Å². The Balaban J connectivity index is 3.17. The van der Waals surface area contributed by atoms with Gasteiger partial charge in [0, 0.05) is 4.47 Å². The molecule has 0 atom stereocenters. The van der Waals surface area contributed by atoms with Gasteiger partial charge in [0.15, 0.2) is 0 Å². The summed E-state index contributed by atoms with van der Waals surface area (Å²) < 4.78 is 0.824. The number of hydrogen-bond acceptors (Lipinski definition) is 2. The van der Waals surface area contributed by atoms with Gasteiger partial charge in [0.2, 0.25) is 0 Å². The second kappa shape index (κ2) is 2.72. The van der Waals surface area contributed by atoms with Crippen LogP contribution in [0.15, 0.2) is 9.85 Å². The highest BCUT2D eigenvalue weighted by atomic mass is 79.9. The van der Waals surface area contributed by atoms with Gasteiger partial charge in [0.25, 0.3) is 5.91 Å². The summed E-state index contributed by atoms with van der Waals surface area (Å²) in [5, 5.41) is 1.89. The predicted molar refractivity (Wildman–Crippen MR) is 45.3 cm³/mol. The minimum absolute atomic E-state index is 0.370. The van der Waals surface area contributed by atoms with Crippen molar-refractivity contribution < 1.29 is 4.79 Å². The van der Waals surface area contributed by atoms with Gasteiger partial charge >= 0.3 is 0 Å². The number of nitrogens with two attached hydrogens (primary N) is 1. The van der Waals surface area contributed by atoms with E-state index in [-0.39, 0.29) is 5.91 Å². The lowest BCUT2D eigenvalue weighted by atomic mass is 10.3. The summed E-state index contributed by atoms with van der Waals surface area (Å²) in [6.45, 7) is 1.92. The molecule has 0 aliphatic heterocycles. The number of amides is 1. The van der Waals surface area contributed by atoms with Crippen LogP contribution in [0.5, 0.6) is 0 Å². The van der Waals surface area contributed by atoms with Crippen LogP contribution in [0, 0.1) is 6.92 Å². The van der Waals surface area contributed by atoms with Gasteiger partial charge in [-0.25, -0.2) is 0 Å². The van der Waals surface area contributed by atoms with Gasteiger partial charge in [0.1, 0.15) is 4.88 Å². The minimum atomic E-state index is -0.370. The van der Waals surface area contributed by atoms with Crippen molar-refractivity contribution in [1.29, 1.82) is 0 Å². The molecule has 54 valence electrons. The Labute approximate surface area is 71.2 Å². The third kappa shape index (κ3) is 1.22. The van der Waals surface area contributed by atoms with Gasteiger partial charge in [-0.3, -0.25) is 4.79 Å². The van der Waals surface area contributed by atoms with Crippen LogP contribution in [0.2, 0.25) is 0 Å². The molecule has 1 rings (SSSR count). The fraction of sp³-hybridized carbons (Fsp3) is 0.167. The van der Waals surface area contributed by atoms with Crippen molar-refractivity contribution in [3.8, 4) is 0 Å². The quantitative estimate of drug-likeness (QED) is 0.771. The Morgan fingerprint density at radius 1 is 1.80 bits per heavy atom. The van der Waals surface area contributed by atoms with Gasteiger partial charge in [-0.15, -0.1) is 11.3 Å². The van der Waals surface area contributed by atoms with E-state index in [0.29, 0.717) is 4.88 Å². The molecule has 2 nitrogen and oxygen atoms in total. The average molecular weight is 220 g/mol. The first-order chi connectivity index (χ1) is 4.63. The zero-order valence-electron chi connectivity index (χ0n) is 5.35. The number of halogens is 1. The normalized spacial score (nSPS) is 9.80. The van der Waals surface area contributed by atoms with Gasteiger partial charge in [-0.2, -0.15) is 0 Å². The van der Waals surface area contributed by atoms with E-state index in [9.17, 15) is 4.79 Å². The Morgan fingerprint density at radius 2 is 2.40 bits per heavy atom. The molecule has 10 heavy (non-hydrogen) atoms. The van der Waals surface area contributed by atoms with Gasteiger partial charge in [-0.05, 0) is 33.8 Å². The lowest BCUT2D eigenvalue weighted by molar-refractivity contribution is 0.100. The maximum absolute atomic E-state index is 10.6. The van der Waals surface area contributed by atoms with Crippen LogP contribution in [0.1, 0.15) is 15.2 Å². The van der Waals surface area contributed by atoms with Crippen molar-refractivity contribution in [2.45, 2.75) is 6.92 Å². The van der Waals surface area contributed by atoms with Crippen LogP contribution in [0.4, 0.5) is 0 Å². The molecule has 0 aliphatic carbocycles. The first kappa shape index (κ1) is 7.75. The summed E-state index contributed by atoms with van der Waals surface area (Å²) in [4.78, 5) is 11.2. The number of carbonyl (C=O) groups is 1. The van der Waals surface area contributed by atoms with Gasteiger partial charge in [-0.1, -0.05) is 0 Å². The molecular formula is C6H6BrNOS. The molecule has 0 aliphatic rings. The monoisotopic (exact) mass is 219 g/mol. The third-order valence-electron chi connectivity index (χ3n) is 1.12. The summed E-state index contributed by atoms with van der Waals surface area (Å²) in [5.74, 6) is -0.370. The molecule has 0 saturated heterocycles. The van der Waals surface area contributed by atoms with Crippen LogP contribution in [0.3, 0.4) is 0 Å². The molecule has 0 unspecified atom stereocenters. The average Bonchev–Trinajstić information content (AvgIpc) is 2.14. The number of primary amides is 1. The highest BCUT2D eigenvalue weighted by molar-refractivity contribution is 9.10. The summed E-state index contributed by atoms with van der Waals surface area (Å²) in [6, 6.07) is 0. The van der Waals surface area contributed by atoms with Gasteiger partial charge in [0.05, 0.1) is 0 Å². The van der Waals surface area contributed by atoms with Crippen molar-refractivity contribution in [2.24, 2.45) is 5.73 Å². The second-order valence-electron chi connectivity index (χ2n) is 1.93. The zero-order chi connectivity index (χ0) is 7.72. The summed E-state index contributed by atoms with van der Waals surface area (Å²) in [7, 11) is 0. The van der Waals surface area contributed by atoms with Gasteiger partial charge < -0.3 is 5.73 Å². The molecule has 1 heterocycles. The number of hydrogen-bond donors (Lipinski definition) is 1. The molecule has 0 saturated carbocycles. The molecule has 1 amide bonds. The summed E-state index contributed by atoms with van der Waals surface area (Å²) in [5.41, 5.74) is 6.12. The first-order valence-electron chi connectivity index (χ1n) is 2.66. The first-order valence-corrected chi connectivity index (χ1v) is 4.33. The van der Waals surface area contributed by atoms with Crippen LogP contribution in [0.25, 0.3) is 0 Å². The smallest absolute Gasteiger partial charge is 0.259 e. The number of aryl methyl sites for hydroxylation is 1. The van der Waals surface area contributed by atoms with Crippen molar-refractivity contribution in [3.63, 3.8) is 0 Å². The molecule has 4 heteroatoms. The SMILES string of the molecule is Cc1csc(C(N)=O)c1Br. The molecule has 2 N–H and O–H groups in total. The van der Waals surface area contributed by atoms with Crippen molar-refractivity contribution in [1.82, 2.24) is 0 Å². The Hall–Kier alpha value is -0.350. The van der Waals surface area contributed by atoms with E-state index < -0.39 is 0 Å². The Kier molecular flexibility index (Phi) is 2.11. The maximum Gasteiger partial charge on any atom is 0.259 e. The van der Waals surface area contributed by atoms with E-state index in [1.807, 2.05) is 12.3 Å². The molecular weight excluding hydrogens is 214 g/mol. The number of rotatable bonds is 1. The highest BCUT2D eigenvalue weighted by Gasteiger charge is 2.09. The Morgan fingerprint density at radius 3 is 2.60 bits per heavy atom. The van der Waals surface area contributed by atoms with Crippen molar-refractivity contribution in [2.75, 3.05) is 0 Å². The maximum atomic E-state index is 10.6. The van der Waals surface area contributed by atoms with E-state index in [2.05, 4.69) is 15.9 Å². The predicted octanol–water partition coefficient (Wildman–Crippen LogP) is 1.92. The minimum Gasteiger partial charge on any atom is -0.365 e. The molecule has 1 aromatic heterocycles. The standard InChI is InChI=1S/C6H6BrNOS/c1-3-2-10-5(4(3)7)6(8)9/h2H,1H3,(H2,8,9). The molecule has 1 aromatic rings. The second-order valence-corrected chi connectivity index (χ2v) is 3.60. The summed E-state index contributed by atoms with van der Waals surface area (Å²) in [6.07, 6.45) is 0. The molecule has 0 spiro atoms.